The van der Waals surface area contributed by atoms with Crippen molar-refractivity contribution in [2.45, 2.75) is 56.5 Å². The molecule has 2 aliphatic heterocycles. The molecule has 1 aromatic heterocycles. The normalized spacial score (nSPS) is 29.5. The van der Waals surface area contributed by atoms with Crippen LogP contribution in [0, 0.1) is 5.92 Å². The Bertz CT molecular complexity index is 697. The van der Waals surface area contributed by atoms with Crippen molar-refractivity contribution in [3.8, 4) is 0 Å². The summed E-state index contributed by atoms with van der Waals surface area (Å²) >= 11 is 0. The zero-order valence-electron chi connectivity index (χ0n) is 14.7. The molecule has 1 aromatic rings. The highest BCUT2D eigenvalue weighted by molar-refractivity contribution is 5.78. The van der Waals surface area contributed by atoms with E-state index in [0.29, 0.717) is 18.3 Å². The van der Waals surface area contributed by atoms with E-state index in [9.17, 15) is 9.90 Å². The van der Waals surface area contributed by atoms with Crippen LogP contribution in [0.1, 0.15) is 55.7 Å². The van der Waals surface area contributed by atoms with Gasteiger partial charge in [0, 0.05) is 44.0 Å². The van der Waals surface area contributed by atoms with E-state index >= 15 is 0 Å². The van der Waals surface area contributed by atoms with Gasteiger partial charge in [-0.15, -0.1) is 0 Å². The van der Waals surface area contributed by atoms with Gasteiger partial charge in [-0.2, -0.15) is 0 Å². The molecule has 1 saturated carbocycles. The number of carbonyl (C=O) groups excluding carboxylic acids is 1. The van der Waals surface area contributed by atoms with E-state index in [1.807, 2.05) is 11.1 Å². The smallest absolute Gasteiger partial charge is 0.225 e. The Balaban J connectivity index is 1.28. The number of aliphatic hydroxyl groups is 1. The third-order valence-corrected chi connectivity index (χ3v) is 6.69. The van der Waals surface area contributed by atoms with Crippen molar-refractivity contribution in [3.63, 3.8) is 0 Å². The van der Waals surface area contributed by atoms with Crippen LogP contribution in [0.15, 0.2) is 6.20 Å². The molecule has 25 heavy (non-hydrogen) atoms. The van der Waals surface area contributed by atoms with E-state index in [2.05, 4.69) is 9.88 Å². The summed E-state index contributed by atoms with van der Waals surface area (Å²) in [5, 5.41) is 10.3. The van der Waals surface area contributed by atoms with Gasteiger partial charge in [0.15, 0.2) is 0 Å². The van der Waals surface area contributed by atoms with Crippen molar-refractivity contribution in [1.82, 2.24) is 14.9 Å². The van der Waals surface area contributed by atoms with Gasteiger partial charge in [-0.1, -0.05) is 0 Å². The van der Waals surface area contributed by atoms with Crippen LogP contribution < -0.4 is 4.90 Å². The SMILES string of the molecule is O=C(CC1(O)CCC1)N1CC2Cc3nc(N4CCCC4)ncc3C2C1. The molecule has 5 rings (SSSR count). The number of anilines is 1. The Morgan fingerprint density at radius 2 is 2.04 bits per heavy atom. The molecule has 6 heteroatoms. The van der Waals surface area contributed by atoms with Gasteiger partial charge in [0.2, 0.25) is 11.9 Å². The van der Waals surface area contributed by atoms with E-state index in [4.69, 9.17) is 4.98 Å². The van der Waals surface area contributed by atoms with Gasteiger partial charge in [0.05, 0.1) is 12.0 Å². The van der Waals surface area contributed by atoms with Crippen molar-refractivity contribution in [2.24, 2.45) is 5.92 Å². The summed E-state index contributed by atoms with van der Waals surface area (Å²) in [6, 6.07) is 0. The maximum atomic E-state index is 12.6. The summed E-state index contributed by atoms with van der Waals surface area (Å²) in [7, 11) is 0. The number of fused-ring (bicyclic) bond motifs is 3. The first-order valence-electron chi connectivity index (χ1n) is 9.72. The molecule has 0 spiro atoms. The average molecular weight is 342 g/mol. The Kier molecular flexibility index (Phi) is 3.52. The molecule has 3 fully saturated rings. The fraction of sp³-hybridized carbons (Fsp3) is 0.737. The first-order valence-corrected chi connectivity index (χ1v) is 9.72. The number of likely N-dealkylation sites (tertiary alicyclic amines) is 1. The van der Waals surface area contributed by atoms with Crippen molar-refractivity contribution in [3.05, 3.63) is 17.5 Å². The highest BCUT2D eigenvalue weighted by atomic mass is 16.3. The molecule has 2 saturated heterocycles. The highest BCUT2D eigenvalue weighted by Gasteiger charge is 2.45. The van der Waals surface area contributed by atoms with Crippen molar-refractivity contribution >= 4 is 11.9 Å². The minimum atomic E-state index is -0.722. The predicted molar refractivity (Wildman–Crippen MR) is 93.4 cm³/mol. The summed E-state index contributed by atoms with van der Waals surface area (Å²) < 4.78 is 0. The lowest BCUT2D eigenvalue weighted by Crippen LogP contribution is -2.43. The molecule has 2 aliphatic carbocycles. The van der Waals surface area contributed by atoms with Crippen LogP contribution in [0.2, 0.25) is 0 Å². The predicted octanol–water partition coefficient (Wildman–Crippen LogP) is 1.48. The molecule has 1 N–H and O–H groups in total. The summed E-state index contributed by atoms with van der Waals surface area (Å²) in [6.07, 6.45) is 8.31. The Hall–Kier alpha value is -1.69. The van der Waals surface area contributed by atoms with Crippen molar-refractivity contribution in [1.29, 1.82) is 0 Å². The van der Waals surface area contributed by atoms with Crippen LogP contribution >= 0.6 is 0 Å². The van der Waals surface area contributed by atoms with Gasteiger partial charge in [-0.25, -0.2) is 9.97 Å². The molecule has 6 nitrogen and oxygen atoms in total. The fourth-order valence-electron chi connectivity index (χ4n) is 5.00. The molecule has 3 heterocycles. The van der Waals surface area contributed by atoms with Gasteiger partial charge in [0.1, 0.15) is 0 Å². The van der Waals surface area contributed by atoms with E-state index in [1.54, 1.807) is 0 Å². The number of nitrogens with zero attached hydrogens (tertiary/aromatic N) is 4. The summed E-state index contributed by atoms with van der Waals surface area (Å²) in [4.78, 5) is 26.3. The first-order chi connectivity index (χ1) is 12.1. The standard InChI is InChI=1S/C19H26N4O2/c24-17(9-19(25)4-3-5-19)23-11-13-8-16-14(15(13)12-23)10-20-18(21-16)22-6-1-2-7-22/h10,13,15,25H,1-9,11-12H2. The molecule has 0 aromatic carbocycles. The maximum Gasteiger partial charge on any atom is 0.225 e. The molecular formula is C19H26N4O2. The number of hydrogen-bond donors (Lipinski definition) is 1. The van der Waals surface area contributed by atoms with Gasteiger partial charge >= 0.3 is 0 Å². The number of rotatable bonds is 3. The molecule has 4 aliphatic rings. The van der Waals surface area contributed by atoms with E-state index < -0.39 is 5.60 Å². The quantitative estimate of drug-likeness (QED) is 0.901. The Morgan fingerprint density at radius 1 is 1.24 bits per heavy atom. The van der Waals surface area contributed by atoms with Crippen LogP contribution in [0.5, 0.6) is 0 Å². The van der Waals surface area contributed by atoms with Gasteiger partial charge in [-0.3, -0.25) is 4.79 Å². The lowest BCUT2D eigenvalue weighted by atomic mass is 9.77. The van der Waals surface area contributed by atoms with Crippen LogP contribution in [0.3, 0.4) is 0 Å². The molecule has 134 valence electrons. The minimum absolute atomic E-state index is 0.118. The molecular weight excluding hydrogens is 316 g/mol. The number of aromatic nitrogens is 2. The third kappa shape index (κ3) is 2.62. The molecule has 0 radical (unpaired) electrons. The second-order valence-electron chi connectivity index (χ2n) is 8.39. The van der Waals surface area contributed by atoms with Gasteiger partial charge in [0.25, 0.3) is 0 Å². The summed E-state index contributed by atoms with van der Waals surface area (Å²) in [5.41, 5.74) is 1.71. The lowest BCUT2D eigenvalue weighted by Gasteiger charge is -2.37. The Labute approximate surface area is 148 Å². The zero-order valence-corrected chi connectivity index (χ0v) is 14.7. The number of amides is 1. The van der Waals surface area contributed by atoms with Crippen LogP contribution in [0.25, 0.3) is 0 Å². The average Bonchev–Trinajstić information content (AvgIpc) is 3.28. The molecule has 2 atom stereocenters. The second-order valence-corrected chi connectivity index (χ2v) is 8.39. The third-order valence-electron chi connectivity index (χ3n) is 6.69. The topological polar surface area (TPSA) is 69.6 Å². The van der Waals surface area contributed by atoms with Gasteiger partial charge < -0.3 is 14.9 Å². The largest absolute Gasteiger partial charge is 0.389 e. The molecule has 1 amide bonds. The lowest BCUT2D eigenvalue weighted by molar-refractivity contribution is -0.139. The van der Waals surface area contributed by atoms with Crippen LogP contribution in [0.4, 0.5) is 5.95 Å². The Morgan fingerprint density at radius 3 is 2.76 bits per heavy atom. The van der Waals surface area contributed by atoms with Crippen LogP contribution in [-0.4, -0.2) is 57.7 Å². The number of hydrogen-bond acceptors (Lipinski definition) is 5. The zero-order chi connectivity index (χ0) is 17.0. The minimum Gasteiger partial charge on any atom is -0.389 e. The molecule has 2 unspecified atom stereocenters. The van der Waals surface area contributed by atoms with E-state index in [1.165, 1.54) is 24.1 Å². The highest BCUT2D eigenvalue weighted by Crippen LogP contribution is 2.43. The first kappa shape index (κ1) is 15.6. The van der Waals surface area contributed by atoms with E-state index in [-0.39, 0.29) is 5.91 Å². The summed E-state index contributed by atoms with van der Waals surface area (Å²) in [5.74, 6) is 1.85. The summed E-state index contributed by atoms with van der Waals surface area (Å²) in [6.45, 7) is 3.70. The van der Waals surface area contributed by atoms with Crippen LogP contribution in [-0.2, 0) is 11.2 Å². The monoisotopic (exact) mass is 342 g/mol. The van der Waals surface area contributed by atoms with Gasteiger partial charge in [-0.05, 0) is 50.0 Å². The maximum absolute atomic E-state index is 12.6. The van der Waals surface area contributed by atoms with Crippen molar-refractivity contribution < 1.29 is 9.90 Å². The number of carbonyl (C=O) groups is 1. The second kappa shape index (κ2) is 5.66. The fourth-order valence-corrected chi connectivity index (χ4v) is 5.00. The van der Waals surface area contributed by atoms with E-state index in [0.717, 1.165) is 57.8 Å². The van der Waals surface area contributed by atoms with Crippen molar-refractivity contribution in [2.75, 3.05) is 31.1 Å². The molecule has 0 bridgehead atoms.